The zero-order valence-corrected chi connectivity index (χ0v) is 10.2. The zero-order valence-electron chi connectivity index (χ0n) is 10.2. The molecule has 90 valence electrons. The van der Waals surface area contributed by atoms with Crippen LogP contribution in [0, 0.1) is 0 Å². The van der Waals surface area contributed by atoms with E-state index in [0.29, 0.717) is 0 Å². The van der Waals surface area contributed by atoms with E-state index in [-0.39, 0.29) is 6.61 Å². The summed E-state index contributed by atoms with van der Waals surface area (Å²) in [5.41, 5.74) is -0.808. The van der Waals surface area contributed by atoms with E-state index in [1.54, 1.807) is 13.8 Å². The predicted octanol–water partition coefficient (Wildman–Crippen LogP) is 2.63. The Balaban J connectivity index is 2.45. The van der Waals surface area contributed by atoms with Crippen molar-refractivity contribution in [3.63, 3.8) is 0 Å². The topological polar surface area (TPSA) is 38.7 Å². The molecule has 0 bridgehead atoms. The second-order valence-corrected chi connectivity index (χ2v) is 4.42. The number of benzene rings is 1. The van der Waals surface area contributed by atoms with Gasteiger partial charge in [0.1, 0.15) is 18.1 Å². The molecule has 1 aromatic rings. The SMILES string of the molecule is CCCOc1ccc(OCC(C)(C)O)cc1. The lowest BCUT2D eigenvalue weighted by Crippen LogP contribution is -2.27. The first kappa shape index (κ1) is 12.8. The van der Waals surface area contributed by atoms with Gasteiger partial charge in [0.25, 0.3) is 0 Å². The highest BCUT2D eigenvalue weighted by Crippen LogP contribution is 2.18. The third kappa shape index (κ3) is 5.03. The fourth-order valence-corrected chi connectivity index (χ4v) is 1.11. The monoisotopic (exact) mass is 224 g/mol. The second-order valence-electron chi connectivity index (χ2n) is 4.42. The van der Waals surface area contributed by atoms with Gasteiger partial charge in [-0.3, -0.25) is 0 Å². The molecular formula is C13H20O3. The summed E-state index contributed by atoms with van der Waals surface area (Å²) in [5, 5.41) is 9.50. The lowest BCUT2D eigenvalue weighted by molar-refractivity contribution is 0.0285. The normalized spacial score (nSPS) is 11.2. The van der Waals surface area contributed by atoms with Crippen molar-refractivity contribution in [2.24, 2.45) is 0 Å². The van der Waals surface area contributed by atoms with Gasteiger partial charge in [0.05, 0.1) is 12.2 Å². The minimum atomic E-state index is -0.808. The number of hydrogen-bond acceptors (Lipinski definition) is 3. The molecule has 0 atom stereocenters. The summed E-state index contributed by atoms with van der Waals surface area (Å²) in [6, 6.07) is 7.43. The Hall–Kier alpha value is -1.22. The molecule has 0 aromatic heterocycles. The molecule has 0 aliphatic heterocycles. The Morgan fingerprint density at radius 3 is 2.00 bits per heavy atom. The highest BCUT2D eigenvalue weighted by atomic mass is 16.5. The molecule has 0 radical (unpaired) electrons. The molecule has 0 fully saturated rings. The van der Waals surface area contributed by atoms with Crippen LogP contribution in [0.3, 0.4) is 0 Å². The summed E-state index contributed by atoms with van der Waals surface area (Å²) in [5.74, 6) is 1.59. The highest BCUT2D eigenvalue weighted by Gasteiger charge is 2.13. The van der Waals surface area contributed by atoms with Crippen molar-refractivity contribution in [3.05, 3.63) is 24.3 Å². The number of aliphatic hydroxyl groups is 1. The minimum absolute atomic E-state index is 0.280. The zero-order chi connectivity index (χ0) is 12.0. The Labute approximate surface area is 97.0 Å². The summed E-state index contributed by atoms with van der Waals surface area (Å²) in [6.07, 6.45) is 0.997. The van der Waals surface area contributed by atoms with Gasteiger partial charge in [0.15, 0.2) is 0 Å². The van der Waals surface area contributed by atoms with Crippen molar-refractivity contribution in [1.82, 2.24) is 0 Å². The maximum Gasteiger partial charge on any atom is 0.119 e. The van der Waals surface area contributed by atoms with E-state index >= 15 is 0 Å². The predicted molar refractivity (Wildman–Crippen MR) is 64.0 cm³/mol. The molecule has 1 N–H and O–H groups in total. The second kappa shape index (κ2) is 5.75. The van der Waals surface area contributed by atoms with Gasteiger partial charge >= 0.3 is 0 Å². The fourth-order valence-electron chi connectivity index (χ4n) is 1.11. The molecule has 0 saturated heterocycles. The molecular weight excluding hydrogens is 204 g/mol. The molecule has 1 aromatic carbocycles. The van der Waals surface area contributed by atoms with E-state index in [4.69, 9.17) is 9.47 Å². The van der Waals surface area contributed by atoms with Gasteiger partial charge in [-0.1, -0.05) is 6.92 Å². The van der Waals surface area contributed by atoms with Gasteiger partial charge in [0.2, 0.25) is 0 Å². The molecule has 0 saturated carbocycles. The lowest BCUT2D eigenvalue weighted by atomic mass is 10.2. The van der Waals surface area contributed by atoms with E-state index in [0.717, 1.165) is 24.5 Å². The number of rotatable bonds is 6. The molecule has 1 rings (SSSR count). The maximum atomic E-state index is 9.50. The summed E-state index contributed by atoms with van der Waals surface area (Å²) in [6.45, 7) is 6.50. The Bertz CT molecular complexity index is 298. The van der Waals surface area contributed by atoms with Gasteiger partial charge in [-0.15, -0.1) is 0 Å². The van der Waals surface area contributed by atoms with Crippen LogP contribution in [-0.2, 0) is 0 Å². The van der Waals surface area contributed by atoms with E-state index in [2.05, 4.69) is 6.92 Å². The summed E-state index contributed by atoms with van der Waals surface area (Å²) < 4.78 is 10.9. The van der Waals surface area contributed by atoms with Gasteiger partial charge in [-0.25, -0.2) is 0 Å². The quantitative estimate of drug-likeness (QED) is 0.807. The van der Waals surface area contributed by atoms with E-state index in [1.165, 1.54) is 0 Å². The van der Waals surface area contributed by atoms with Crippen LogP contribution in [0.25, 0.3) is 0 Å². The maximum absolute atomic E-state index is 9.50. The Morgan fingerprint density at radius 1 is 1.06 bits per heavy atom. The van der Waals surface area contributed by atoms with Crippen molar-refractivity contribution in [2.75, 3.05) is 13.2 Å². The summed E-state index contributed by atoms with van der Waals surface area (Å²) in [7, 11) is 0. The first-order chi connectivity index (χ1) is 7.51. The molecule has 0 unspecified atom stereocenters. The van der Waals surface area contributed by atoms with Crippen molar-refractivity contribution in [3.8, 4) is 11.5 Å². The first-order valence-electron chi connectivity index (χ1n) is 5.59. The summed E-state index contributed by atoms with van der Waals surface area (Å²) >= 11 is 0. The van der Waals surface area contributed by atoms with Crippen LogP contribution >= 0.6 is 0 Å². The molecule has 16 heavy (non-hydrogen) atoms. The average molecular weight is 224 g/mol. The van der Waals surface area contributed by atoms with Crippen LogP contribution in [0.15, 0.2) is 24.3 Å². The minimum Gasteiger partial charge on any atom is -0.494 e. The molecule has 0 heterocycles. The molecule has 3 heteroatoms. The van der Waals surface area contributed by atoms with Crippen molar-refractivity contribution in [2.45, 2.75) is 32.8 Å². The van der Waals surface area contributed by atoms with Gasteiger partial charge in [-0.05, 0) is 44.5 Å². The van der Waals surface area contributed by atoms with Gasteiger partial charge in [0, 0.05) is 0 Å². The number of hydrogen-bond donors (Lipinski definition) is 1. The smallest absolute Gasteiger partial charge is 0.119 e. The number of ether oxygens (including phenoxy) is 2. The standard InChI is InChI=1S/C13H20O3/c1-4-9-15-11-5-7-12(8-6-11)16-10-13(2,3)14/h5-8,14H,4,9-10H2,1-3H3. The van der Waals surface area contributed by atoms with E-state index in [1.807, 2.05) is 24.3 Å². The summed E-state index contributed by atoms with van der Waals surface area (Å²) in [4.78, 5) is 0. The Kier molecular flexibility index (Phi) is 4.62. The Morgan fingerprint density at radius 2 is 1.56 bits per heavy atom. The van der Waals surface area contributed by atoms with Crippen LogP contribution < -0.4 is 9.47 Å². The fraction of sp³-hybridized carbons (Fsp3) is 0.538. The van der Waals surface area contributed by atoms with Crippen LogP contribution in [-0.4, -0.2) is 23.9 Å². The van der Waals surface area contributed by atoms with Crippen LogP contribution in [0.2, 0.25) is 0 Å². The molecule has 0 aliphatic rings. The van der Waals surface area contributed by atoms with E-state index < -0.39 is 5.60 Å². The van der Waals surface area contributed by atoms with Crippen molar-refractivity contribution in [1.29, 1.82) is 0 Å². The van der Waals surface area contributed by atoms with Crippen LogP contribution in [0.4, 0.5) is 0 Å². The van der Waals surface area contributed by atoms with Crippen LogP contribution in [0.1, 0.15) is 27.2 Å². The molecule has 3 nitrogen and oxygen atoms in total. The highest BCUT2D eigenvalue weighted by molar-refractivity contribution is 5.31. The molecule has 0 amide bonds. The molecule has 0 spiro atoms. The largest absolute Gasteiger partial charge is 0.494 e. The van der Waals surface area contributed by atoms with Gasteiger partial charge < -0.3 is 14.6 Å². The third-order valence-electron chi connectivity index (χ3n) is 1.89. The lowest BCUT2D eigenvalue weighted by Gasteiger charge is -2.17. The first-order valence-corrected chi connectivity index (χ1v) is 5.59. The average Bonchev–Trinajstić information content (AvgIpc) is 2.24. The third-order valence-corrected chi connectivity index (χ3v) is 1.89. The van der Waals surface area contributed by atoms with Gasteiger partial charge in [-0.2, -0.15) is 0 Å². The van der Waals surface area contributed by atoms with E-state index in [9.17, 15) is 5.11 Å². The van der Waals surface area contributed by atoms with Crippen LogP contribution in [0.5, 0.6) is 11.5 Å². The van der Waals surface area contributed by atoms with Crippen molar-refractivity contribution >= 4 is 0 Å². The van der Waals surface area contributed by atoms with Crippen molar-refractivity contribution < 1.29 is 14.6 Å². The molecule has 0 aliphatic carbocycles.